The molecule has 0 radical (unpaired) electrons. The Kier molecular flexibility index (Phi) is 4.66. The summed E-state index contributed by atoms with van der Waals surface area (Å²) in [5.74, 6) is 1.22. The number of hydrogen-bond donors (Lipinski definition) is 0. The lowest BCUT2D eigenvalue weighted by atomic mass is 10.2. The van der Waals surface area contributed by atoms with Crippen molar-refractivity contribution in [3.63, 3.8) is 0 Å². The monoisotopic (exact) mass is 316 g/mol. The smallest absolute Gasteiger partial charge is 0.251 e. The fourth-order valence-electron chi connectivity index (χ4n) is 3.20. The quantitative estimate of drug-likeness (QED) is 0.725. The summed E-state index contributed by atoms with van der Waals surface area (Å²) in [6.45, 7) is 3.92. The van der Waals surface area contributed by atoms with Gasteiger partial charge in [0, 0.05) is 6.54 Å². The number of rotatable bonds is 7. The molecular formula is C18H24N2O3. The van der Waals surface area contributed by atoms with Crippen LogP contribution in [0.5, 0.6) is 5.75 Å². The molecule has 2 amide bonds. The minimum absolute atomic E-state index is 0.0886. The van der Waals surface area contributed by atoms with Gasteiger partial charge in [0.25, 0.3) is 5.91 Å². The van der Waals surface area contributed by atoms with E-state index in [2.05, 4.69) is 11.8 Å². The van der Waals surface area contributed by atoms with Crippen LogP contribution in [0.3, 0.4) is 0 Å². The number of carbonyl (C=O) groups excluding carboxylic acids is 2. The van der Waals surface area contributed by atoms with Crippen molar-refractivity contribution in [2.75, 3.05) is 25.1 Å². The molecule has 0 aromatic heterocycles. The topological polar surface area (TPSA) is 49.9 Å². The number of amides is 2. The molecule has 2 fully saturated rings. The first-order valence-electron chi connectivity index (χ1n) is 8.39. The summed E-state index contributed by atoms with van der Waals surface area (Å²) in [7, 11) is 1.59. The summed E-state index contributed by atoms with van der Waals surface area (Å²) in [4.78, 5) is 28.8. The molecule has 1 aliphatic heterocycles. The van der Waals surface area contributed by atoms with Crippen LogP contribution in [-0.2, 0) is 9.59 Å². The molecule has 1 unspecified atom stereocenters. The first-order chi connectivity index (χ1) is 11.1. The first kappa shape index (κ1) is 16.0. The molecule has 0 N–H and O–H groups in total. The van der Waals surface area contributed by atoms with E-state index >= 15 is 0 Å². The molecule has 23 heavy (non-hydrogen) atoms. The lowest BCUT2D eigenvalue weighted by Crippen LogP contribution is -2.43. The second kappa shape index (κ2) is 6.71. The number of imide groups is 1. The molecule has 2 aliphatic rings. The predicted octanol–water partition coefficient (Wildman–Crippen LogP) is 2.45. The first-order valence-corrected chi connectivity index (χ1v) is 8.39. The van der Waals surface area contributed by atoms with Crippen LogP contribution in [-0.4, -0.2) is 43.0 Å². The van der Waals surface area contributed by atoms with E-state index in [1.165, 1.54) is 17.7 Å². The summed E-state index contributed by atoms with van der Waals surface area (Å²) in [6.07, 6.45) is 3.78. The normalized spacial score (nSPS) is 21.3. The number of methoxy groups -OCH3 is 1. The molecule has 1 aliphatic carbocycles. The van der Waals surface area contributed by atoms with E-state index in [1.54, 1.807) is 31.4 Å². The van der Waals surface area contributed by atoms with E-state index in [1.807, 2.05) is 0 Å². The average Bonchev–Trinajstić information content (AvgIpc) is 3.32. The third-order valence-electron chi connectivity index (χ3n) is 4.59. The molecule has 124 valence electrons. The maximum Gasteiger partial charge on any atom is 0.251 e. The van der Waals surface area contributed by atoms with Gasteiger partial charge in [-0.3, -0.25) is 14.5 Å². The highest BCUT2D eigenvalue weighted by Crippen LogP contribution is 2.33. The van der Waals surface area contributed by atoms with Crippen LogP contribution in [0.2, 0.25) is 0 Å². The molecule has 1 atom stereocenters. The highest BCUT2D eigenvalue weighted by atomic mass is 16.5. The summed E-state index contributed by atoms with van der Waals surface area (Å²) in [5.41, 5.74) is 0.631. The van der Waals surface area contributed by atoms with Crippen LogP contribution in [0.1, 0.15) is 32.6 Å². The summed E-state index contributed by atoms with van der Waals surface area (Å²) in [6, 6.07) is 6.78. The second-order valence-electron chi connectivity index (χ2n) is 6.42. The van der Waals surface area contributed by atoms with Crippen molar-refractivity contribution in [1.29, 1.82) is 0 Å². The van der Waals surface area contributed by atoms with Crippen LogP contribution in [0.15, 0.2) is 24.3 Å². The van der Waals surface area contributed by atoms with Gasteiger partial charge in [-0.05, 0) is 56.0 Å². The lowest BCUT2D eigenvalue weighted by molar-refractivity contribution is -0.123. The van der Waals surface area contributed by atoms with E-state index in [-0.39, 0.29) is 24.3 Å². The van der Waals surface area contributed by atoms with E-state index in [4.69, 9.17) is 4.74 Å². The van der Waals surface area contributed by atoms with Crippen molar-refractivity contribution < 1.29 is 14.3 Å². The van der Waals surface area contributed by atoms with Gasteiger partial charge in [-0.1, -0.05) is 6.92 Å². The molecule has 0 spiro atoms. The zero-order chi connectivity index (χ0) is 16.4. The molecule has 1 saturated heterocycles. The largest absolute Gasteiger partial charge is 0.497 e. The summed E-state index contributed by atoms with van der Waals surface area (Å²) in [5, 5.41) is 0. The maximum absolute atomic E-state index is 12.8. The van der Waals surface area contributed by atoms with Crippen molar-refractivity contribution in [2.45, 2.75) is 38.6 Å². The number of anilines is 1. The van der Waals surface area contributed by atoms with Gasteiger partial charge < -0.3 is 4.74 Å². The molecule has 1 aromatic rings. The number of hydrogen-bond acceptors (Lipinski definition) is 4. The van der Waals surface area contributed by atoms with Gasteiger partial charge in [0.1, 0.15) is 5.75 Å². The number of nitrogens with zero attached hydrogens (tertiary/aromatic N) is 2. The Morgan fingerprint density at radius 1 is 1.22 bits per heavy atom. The molecule has 1 heterocycles. The van der Waals surface area contributed by atoms with Gasteiger partial charge >= 0.3 is 0 Å². The van der Waals surface area contributed by atoms with Gasteiger partial charge in [-0.15, -0.1) is 0 Å². The molecule has 1 aromatic carbocycles. The van der Waals surface area contributed by atoms with Crippen molar-refractivity contribution in [1.82, 2.24) is 4.90 Å². The van der Waals surface area contributed by atoms with Crippen molar-refractivity contribution in [3.8, 4) is 5.75 Å². The van der Waals surface area contributed by atoms with Gasteiger partial charge in [0.05, 0.1) is 25.3 Å². The van der Waals surface area contributed by atoms with E-state index in [0.29, 0.717) is 17.4 Å². The minimum atomic E-state index is -0.301. The van der Waals surface area contributed by atoms with Crippen LogP contribution >= 0.6 is 0 Å². The Hall–Kier alpha value is -1.88. The van der Waals surface area contributed by atoms with Gasteiger partial charge in [-0.2, -0.15) is 0 Å². The Labute approximate surface area is 137 Å². The third kappa shape index (κ3) is 3.39. The highest BCUT2D eigenvalue weighted by Gasteiger charge is 2.43. The number of ether oxygens (including phenoxy) is 1. The molecular weight excluding hydrogens is 292 g/mol. The van der Waals surface area contributed by atoms with Crippen molar-refractivity contribution in [3.05, 3.63) is 24.3 Å². The predicted molar refractivity (Wildman–Crippen MR) is 88.5 cm³/mol. The van der Waals surface area contributed by atoms with Crippen LogP contribution in [0, 0.1) is 5.92 Å². The lowest BCUT2D eigenvalue weighted by Gasteiger charge is -2.26. The molecule has 0 bridgehead atoms. The number of carbonyl (C=O) groups is 2. The minimum Gasteiger partial charge on any atom is -0.497 e. The average molecular weight is 316 g/mol. The molecule has 3 rings (SSSR count). The molecule has 1 saturated carbocycles. The van der Waals surface area contributed by atoms with Crippen LogP contribution < -0.4 is 9.64 Å². The highest BCUT2D eigenvalue weighted by molar-refractivity contribution is 6.22. The van der Waals surface area contributed by atoms with E-state index in [9.17, 15) is 9.59 Å². The molecule has 5 heteroatoms. The van der Waals surface area contributed by atoms with Crippen molar-refractivity contribution >= 4 is 17.5 Å². The maximum atomic E-state index is 12.8. The van der Waals surface area contributed by atoms with E-state index < -0.39 is 0 Å². The zero-order valence-electron chi connectivity index (χ0n) is 13.8. The third-order valence-corrected chi connectivity index (χ3v) is 4.59. The Balaban J connectivity index is 1.77. The standard InChI is InChI=1S/C18H24N2O3/c1-3-10-19(12-13-4-5-13)16-11-17(21)20(18(16)22)14-6-8-15(23-2)9-7-14/h6-9,13,16H,3-5,10-12H2,1-2H3. The van der Waals surface area contributed by atoms with Gasteiger partial charge in [-0.25, -0.2) is 4.90 Å². The van der Waals surface area contributed by atoms with E-state index in [0.717, 1.165) is 19.5 Å². The van der Waals surface area contributed by atoms with Crippen LogP contribution in [0.25, 0.3) is 0 Å². The second-order valence-corrected chi connectivity index (χ2v) is 6.42. The SMILES string of the molecule is CCCN(CC1CC1)C1CC(=O)N(c2ccc(OC)cc2)C1=O. The van der Waals surface area contributed by atoms with Crippen LogP contribution in [0.4, 0.5) is 5.69 Å². The van der Waals surface area contributed by atoms with Crippen molar-refractivity contribution in [2.24, 2.45) is 5.92 Å². The fraction of sp³-hybridized carbons (Fsp3) is 0.556. The summed E-state index contributed by atoms with van der Waals surface area (Å²) < 4.78 is 5.13. The Bertz CT molecular complexity index is 580. The fourth-order valence-corrected chi connectivity index (χ4v) is 3.20. The number of benzene rings is 1. The zero-order valence-corrected chi connectivity index (χ0v) is 13.8. The Morgan fingerprint density at radius 2 is 1.91 bits per heavy atom. The molecule has 5 nitrogen and oxygen atoms in total. The summed E-state index contributed by atoms with van der Waals surface area (Å²) >= 11 is 0. The van der Waals surface area contributed by atoms with Gasteiger partial charge in [0.15, 0.2) is 0 Å². The Morgan fingerprint density at radius 3 is 2.48 bits per heavy atom. The van der Waals surface area contributed by atoms with Gasteiger partial charge in [0.2, 0.25) is 5.91 Å².